The minimum absolute atomic E-state index is 0.0109. The van der Waals surface area contributed by atoms with E-state index in [0.717, 1.165) is 46.9 Å². The summed E-state index contributed by atoms with van der Waals surface area (Å²) in [5, 5.41) is 8.71. The van der Waals surface area contributed by atoms with E-state index in [-0.39, 0.29) is 5.91 Å². The lowest BCUT2D eigenvalue weighted by Crippen LogP contribution is -2.21. The lowest BCUT2D eigenvalue weighted by atomic mass is 10.1. The van der Waals surface area contributed by atoms with Gasteiger partial charge < -0.3 is 14.5 Å². The zero-order valence-electron chi connectivity index (χ0n) is 19.5. The van der Waals surface area contributed by atoms with Gasteiger partial charge >= 0.3 is 0 Å². The largest absolute Gasteiger partial charge is 0.494 e. The lowest BCUT2D eigenvalue weighted by molar-refractivity contribution is 0.0827. The molecule has 2 heterocycles. The Morgan fingerprint density at radius 1 is 0.848 bits per heavy atom. The SMILES string of the molecule is CN(C)CCCOc1ccc(-c2nnc3ccc(-c4ccc(C(=O)N(C)C)cc4)cn23)cc1. The minimum atomic E-state index is -0.0109. The lowest BCUT2D eigenvalue weighted by Gasteiger charge is -2.11. The molecule has 7 nitrogen and oxygen atoms in total. The highest BCUT2D eigenvalue weighted by Gasteiger charge is 2.11. The first-order chi connectivity index (χ1) is 15.9. The van der Waals surface area contributed by atoms with Crippen molar-refractivity contribution in [2.75, 3.05) is 41.3 Å². The number of pyridine rings is 1. The van der Waals surface area contributed by atoms with Crippen molar-refractivity contribution in [2.24, 2.45) is 0 Å². The molecule has 0 saturated heterocycles. The molecule has 4 rings (SSSR count). The average molecular weight is 444 g/mol. The molecular formula is C26H29N5O2. The molecule has 0 atom stereocenters. The molecule has 0 bridgehead atoms. The van der Waals surface area contributed by atoms with Gasteiger partial charge in [-0.05, 0) is 80.2 Å². The number of rotatable bonds is 8. The fourth-order valence-corrected chi connectivity index (χ4v) is 3.59. The highest BCUT2D eigenvalue weighted by molar-refractivity contribution is 5.94. The third-order valence-corrected chi connectivity index (χ3v) is 5.40. The van der Waals surface area contributed by atoms with Crippen molar-refractivity contribution in [3.05, 3.63) is 72.4 Å². The third-order valence-electron chi connectivity index (χ3n) is 5.40. The first-order valence-corrected chi connectivity index (χ1v) is 11.0. The van der Waals surface area contributed by atoms with Crippen molar-refractivity contribution in [3.8, 4) is 28.3 Å². The molecule has 4 aromatic rings. The average Bonchev–Trinajstić information content (AvgIpc) is 3.25. The van der Waals surface area contributed by atoms with Crippen LogP contribution in [-0.2, 0) is 0 Å². The summed E-state index contributed by atoms with van der Waals surface area (Å²) in [4.78, 5) is 15.9. The van der Waals surface area contributed by atoms with E-state index in [1.54, 1.807) is 19.0 Å². The number of amides is 1. The molecule has 33 heavy (non-hydrogen) atoms. The van der Waals surface area contributed by atoms with Gasteiger partial charge in [-0.25, -0.2) is 0 Å². The highest BCUT2D eigenvalue weighted by Crippen LogP contribution is 2.25. The summed E-state index contributed by atoms with van der Waals surface area (Å²) in [7, 11) is 7.62. The number of carbonyl (C=O) groups is 1. The number of benzene rings is 2. The van der Waals surface area contributed by atoms with Gasteiger partial charge in [-0.1, -0.05) is 12.1 Å². The summed E-state index contributed by atoms with van der Waals surface area (Å²) in [5.74, 6) is 1.60. The van der Waals surface area contributed by atoms with Gasteiger partial charge in [-0.15, -0.1) is 10.2 Å². The van der Waals surface area contributed by atoms with Crippen LogP contribution in [-0.4, -0.2) is 71.6 Å². The summed E-state index contributed by atoms with van der Waals surface area (Å²) in [6.07, 6.45) is 3.01. The molecule has 0 saturated carbocycles. The topological polar surface area (TPSA) is 63.0 Å². The Balaban J connectivity index is 1.54. The summed E-state index contributed by atoms with van der Waals surface area (Å²) in [6.45, 7) is 1.69. The molecule has 2 aromatic carbocycles. The second-order valence-electron chi connectivity index (χ2n) is 8.48. The predicted molar refractivity (Wildman–Crippen MR) is 131 cm³/mol. The van der Waals surface area contributed by atoms with E-state index in [9.17, 15) is 4.79 Å². The van der Waals surface area contributed by atoms with Crippen molar-refractivity contribution in [3.63, 3.8) is 0 Å². The second-order valence-corrected chi connectivity index (χ2v) is 8.48. The van der Waals surface area contributed by atoms with Crippen LogP contribution in [0.15, 0.2) is 66.9 Å². The Labute approximate surface area is 194 Å². The van der Waals surface area contributed by atoms with E-state index in [0.29, 0.717) is 12.2 Å². The summed E-state index contributed by atoms with van der Waals surface area (Å²) in [5.41, 5.74) is 4.45. The second kappa shape index (κ2) is 9.83. The standard InChI is InChI=1S/C26H29N5O2/c1-29(2)16-5-17-33-23-13-10-20(11-14-23)25-28-27-24-15-12-22(18-31(24)25)19-6-8-21(9-7-19)26(32)30(3)4/h6-15,18H,5,16-17H2,1-4H3. The van der Waals surface area contributed by atoms with E-state index in [1.165, 1.54) is 0 Å². The van der Waals surface area contributed by atoms with Crippen LogP contribution in [0.2, 0.25) is 0 Å². The van der Waals surface area contributed by atoms with Crippen molar-refractivity contribution >= 4 is 11.6 Å². The summed E-state index contributed by atoms with van der Waals surface area (Å²) in [6, 6.07) is 19.5. The van der Waals surface area contributed by atoms with Crippen LogP contribution in [0, 0.1) is 0 Å². The Kier molecular flexibility index (Phi) is 6.70. The Morgan fingerprint density at radius 3 is 2.18 bits per heavy atom. The summed E-state index contributed by atoms with van der Waals surface area (Å²) >= 11 is 0. The van der Waals surface area contributed by atoms with Gasteiger partial charge in [-0.2, -0.15) is 0 Å². The van der Waals surface area contributed by atoms with Gasteiger partial charge in [0.1, 0.15) is 5.75 Å². The molecule has 7 heteroatoms. The van der Waals surface area contributed by atoms with Gasteiger partial charge in [0.05, 0.1) is 6.61 Å². The predicted octanol–water partition coefficient (Wildman–Crippen LogP) is 4.10. The fraction of sp³-hybridized carbons (Fsp3) is 0.269. The van der Waals surface area contributed by atoms with E-state index in [1.807, 2.05) is 71.3 Å². The zero-order chi connectivity index (χ0) is 23.4. The number of hydrogen-bond acceptors (Lipinski definition) is 5. The number of ether oxygens (including phenoxy) is 1. The van der Waals surface area contributed by atoms with Crippen LogP contribution < -0.4 is 4.74 Å². The van der Waals surface area contributed by atoms with Gasteiger partial charge in [-0.3, -0.25) is 9.20 Å². The van der Waals surface area contributed by atoms with Gasteiger partial charge in [0, 0.05) is 38.0 Å². The fourth-order valence-electron chi connectivity index (χ4n) is 3.59. The van der Waals surface area contributed by atoms with E-state index in [4.69, 9.17) is 4.74 Å². The van der Waals surface area contributed by atoms with Crippen LogP contribution in [0.25, 0.3) is 28.2 Å². The van der Waals surface area contributed by atoms with E-state index >= 15 is 0 Å². The molecule has 170 valence electrons. The van der Waals surface area contributed by atoms with Crippen molar-refractivity contribution in [1.29, 1.82) is 0 Å². The molecular weight excluding hydrogens is 414 g/mol. The smallest absolute Gasteiger partial charge is 0.253 e. The normalized spacial score (nSPS) is 11.2. The molecule has 0 spiro atoms. The molecule has 0 aliphatic heterocycles. The first kappa shape index (κ1) is 22.5. The molecule has 0 radical (unpaired) electrons. The van der Waals surface area contributed by atoms with Gasteiger partial charge in [0.25, 0.3) is 5.91 Å². The van der Waals surface area contributed by atoms with Crippen LogP contribution in [0.1, 0.15) is 16.8 Å². The van der Waals surface area contributed by atoms with E-state index in [2.05, 4.69) is 29.2 Å². The Morgan fingerprint density at radius 2 is 1.52 bits per heavy atom. The summed E-state index contributed by atoms with van der Waals surface area (Å²) < 4.78 is 7.83. The van der Waals surface area contributed by atoms with Crippen LogP contribution in [0.4, 0.5) is 0 Å². The van der Waals surface area contributed by atoms with Crippen LogP contribution in [0.5, 0.6) is 5.75 Å². The molecule has 0 unspecified atom stereocenters. The van der Waals surface area contributed by atoms with Gasteiger partial charge in [0.2, 0.25) is 0 Å². The molecule has 0 fully saturated rings. The Bertz CT molecular complexity index is 1230. The van der Waals surface area contributed by atoms with Crippen molar-refractivity contribution in [2.45, 2.75) is 6.42 Å². The molecule has 0 N–H and O–H groups in total. The van der Waals surface area contributed by atoms with Crippen LogP contribution >= 0.6 is 0 Å². The van der Waals surface area contributed by atoms with Crippen molar-refractivity contribution in [1.82, 2.24) is 24.4 Å². The highest BCUT2D eigenvalue weighted by atomic mass is 16.5. The quantitative estimate of drug-likeness (QED) is 0.384. The first-order valence-electron chi connectivity index (χ1n) is 11.0. The van der Waals surface area contributed by atoms with Crippen molar-refractivity contribution < 1.29 is 9.53 Å². The monoisotopic (exact) mass is 443 g/mol. The molecule has 1 amide bonds. The number of nitrogens with zero attached hydrogens (tertiary/aromatic N) is 5. The molecule has 0 aliphatic carbocycles. The minimum Gasteiger partial charge on any atom is -0.494 e. The van der Waals surface area contributed by atoms with Gasteiger partial charge in [0.15, 0.2) is 11.5 Å². The third kappa shape index (κ3) is 5.21. The zero-order valence-corrected chi connectivity index (χ0v) is 19.5. The maximum Gasteiger partial charge on any atom is 0.253 e. The van der Waals surface area contributed by atoms with Crippen LogP contribution in [0.3, 0.4) is 0 Å². The maximum atomic E-state index is 12.2. The molecule has 2 aromatic heterocycles. The molecule has 0 aliphatic rings. The Hall–Kier alpha value is -3.71. The number of hydrogen-bond donors (Lipinski definition) is 0. The van der Waals surface area contributed by atoms with E-state index < -0.39 is 0 Å². The number of fused-ring (bicyclic) bond motifs is 1. The maximum absolute atomic E-state index is 12.2. The number of carbonyl (C=O) groups excluding carboxylic acids is 1. The number of aromatic nitrogens is 3.